The number of methoxy groups -OCH3 is 2. The third kappa shape index (κ3) is 7.89. The van der Waals surface area contributed by atoms with Crippen LogP contribution in [0.4, 0.5) is 13.2 Å². The van der Waals surface area contributed by atoms with Crippen molar-refractivity contribution in [2.24, 2.45) is 0 Å². The molecule has 0 amide bonds. The Kier molecular flexibility index (Phi) is 11.0. The maximum atomic E-state index is 13.0. The molecule has 0 aromatic heterocycles. The summed E-state index contributed by atoms with van der Waals surface area (Å²) in [6, 6.07) is 10.0. The first-order chi connectivity index (χ1) is 17.4. The fourth-order valence-corrected chi connectivity index (χ4v) is 5.29. The first-order valence-electron chi connectivity index (χ1n) is 13.5. The molecule has 0 spiro atoms. The molecule has 2 aromatic carbocycles. The van der Waals surface area contributed by atoms with Crippen LogP contribution in [0, 0.1) is 0 Å². The average molecular weight is 506 g/mol. The molecule has 3 nitrogen and oxygen atoms in total. The van der Waals surface area contributed by atoms with E-state index in [-0.39, 0.29) is 6.04 Å². The molecular weight excluding hydrogens is 463 g/mol. The lowest BCUT2D eigenvalue weighted by molar-refractivity contribution is -0.137. The molecule has 0 saturated carbocycles. The molecule has 1 atom stereocenters. The maximum absolute atomic E-state index is 13.0. The Balaban J connectivity index is 1.69. The SMILES string of the molecule is CCCCCCCCCCCC1c2cc(OC)c(OC)cc2CCN1Cc1ccc(C(F)(F)F)cc1. The van der Waals surface area contributed by atoms with Crippen molar-refractivity contribution in [2.75, 3.05) is 20.8 Å². The largest absolute Gasteiger partial charge is 0.493 e. The Morgan fingerprint density at radius 2 is 1.42 bits per heavy atom. The molecule has 36 heavy (non-hydrogen) atoms. The number of hydrogen-bond acceptors (Lipinski definition) is 3. The molecule has 0 bridgehead atoms. The molecule has 0 radical (unpaired) electrons. The second kappa shape index (κ2) is 13.9. The van der Waals surface area contributed by atoms with E-state index in [0.717, 1.165) is 42.9 Å². The van der Waals surface area contributed by atoms with Crippen LogP contribution in [0.1, 0.15) is 99.4 Å². The molecular formula is C30H42F3NO2. The Hall–Kier alpha value is -2.21. The van der Waals surface area contributed by atoms with Gasteiger partial charge in [0.1, 0.15) is 0 Å². The highest BCUT2D eigenvalue weighted by Gasteiger charge is 2.31. The van der Waals surface area contributed by atoms with Gasteiger partial charge in [-0.25, -0.2) is 0 Å². The highest BCUT2D eigenvalue weighted by Crippen LogP contribution is 2.41. The minimum atomic E-state index is -4.31. The van der Waals surface area contributed by atoms with Crippen LogP contribution in [-0.4, -0.2) is 25.7 Å². The van der Waals surface area contributed by atoms with Crippen molar-refractivity contribution in [2.45, 2.75) is 96.3 Å². The van der Waals surface area contributed by atoms with Gasteiger partial charge < -0.3 is 9.47 Å². The van der Waals surface area contributed by atoms with Gasteiger partial charge in [-0.3, -0.25) is 4.90 Å². The van der Waals surface area contributed by atoms with E-state index in [1.54, 1.807) is 26.4 Å². The molecule has 6 heteroatoms. The zero-order valence-corrected chi connectivity index (χ0v) is 22.1. The van der Waals surface area contributed by atoms with E-state index in [1.807, 2.05) is 0 Å². The predicted octanol–water partition coefficient (Wildman–Crippen LogP) is 8.74. The number of halogens is 3. The van der Waals surface area contributed by atoms with Crippen molar-refractivity contribution >= 4 is 0 Å². The molecule has 0 saturated heterocycles. The summed E-state index contributed by atoms with van der Waals surface area (Å²) in [5.74, 6) is 1.47. The standard InChI is InChI=1S/C30H42F3NO2/c1-4-5-6-7-8-9-10-11-12-13-27-26-21-29(36-3)28(35-2)20-24(26)18-19-34(27)22-23-14-16-25(17-15-23)30(31,32)33/h14-17,20-21,27H,4-13,18-19,22H2,1-3H3. The van der Waals surface area contributed by atoms with Gasteiger partial charge in [0.15, 0.2) is 11.5 Å². The van der Waals surface area contributed by atoms with E-state index in [0.29, 0.717) is 6.54 Å². The molecule has 0 aliphatic carbocycles. The van der Waals surface area contributed by atoms with Crippen LogP contribution in [0.5, 0.6) is 11.5 Å². The van der Waals surface area contributed by atoms with Gasteiger partial charge in [-0.1, -0.05) is 76.8 Å². The van der Waals surface area contributed by atoms with Crippen LogP contribution in [0.2, 0.25) is 0 Å². The van der Waals surface area contributed by atoms with Crippen LogP contribution in [-0.2, 0) is 19.1 Å². The maximum Gasteiger partial charge on any atom is 0.416 e. The second-order valence-corrected chi connectivity index (χ2v) is 9.95. The van der Waals surface area contributed by atoms with Crippen LogP contribution < -0.4 is 9.47 Å². The normalized spacial score (nSPS) is 16.1. The number of benzene rings is 2. The predicted molar refractivity (Wildman–Crippen MR) is 140 cm³/mol. The van der Waals surface area contributed by atoms with E-state index < -0.39 is 11.7 Å². The zero-order chi connectivity index (χ0) is 26.0. The van der Waals surface area contributed by atoms with E-state index in [9.17, 15) is 13.2 Å². The van der Waals surface area contributed by atoms with Crippen molar-refractivity contribution in [3.05, 3.63) is 58.7 Å². The van der Waals surface area contributed by atoms with Crippen molar-refractivity contribution in [1.82, 2.24) is 4.90 Å². The minimum Gasteiger partial charge on any atom is -0.493 e. The third-order valence-electron chi connectivity index (χ3n) is 7.36. The number of nitrogens with zero attached hydrogens (tertiary/aromatic N) is 1. The summed E-state index contributed by atoms with van der Waals surface area (Å²) in [6.45, 7) is 3.75. The van der Waals surface area contributed by atoms with E-state index in [2.05, 4.69) is 24.0 Å². The number of unbranched alkanes of at least 4 members (excludes halogenated alkanes) is 8. The number of ether oxygens (including phenoxy) is 2. The first-order valence-corrected chi connectivity index (χ1v) is 13.5. The molecule has 0 N–H and O–H groups in total. The van der Waals surface area contributed by atoms with Crippen LogP contribution in [0.15, 0.2) is 36.4 Å². The minimum absolute atomic E-state index is 0.209. The smallest absolute Gasteiger partial charge is 0.416 e. The lowest BCUT2D eigenvalue weighted by atomic mass is 9.88. The quantitative estimate of drug-likeness (QED) is 0.240. The topological polar surface area (TPSA) is 21.7 Å². The van der Waals surface area contributed by atoms with Crippen LogP contribution in [0.3, 0.4) is 0 Å². The van der Waals surface area contributed by atoms with Gasteiger partial charge in [-0.05, 0) is 53.8 Å². The molecule has 1 heterocycles. The van der Waals surface area contributed by atoms with Crippen molar-refractivity contribution in [1.29, 1.82) is 0 Å². The molecule has 1 unspecified atom stereocenters. The van der Waals surface area contributed by atoms with Gasteiger partial charge in [0.25, 0.3) is 0 Å². The highest BCUT2D eigenvalue weighted by atomic mass is 19.4. The van der Waals surface area contributed by atoms with Crippen molar-refractivity contribution in [3.63, 3.8) is 0 Å². The molecule has 1 aliphatic heterocycles. The van der Waals surface area contributed by atoms with Crippen LogP contribution >= 0.6 is 0 Å². The summed E-state index contributed by atoms with van der Waals surface area (Å²) in [6.07, 6.45) is 9.13. The Labute approximate surface area is 215 Å². The third-order valence-corrected chi connectivity index (χ3v) is 7.36. The number of alkyl halides is 3. The number of rotatable bonds is 14. The fourth-order valence-electron chi connectivity index (χ4n) is 5.29. The Morgan fingerprint density at radius 3 is 2.00 bits per heavy atom. The summed E-state index contributed by atoms with van der Waals surface area (Å²) in [5, 5.41) is 0. The average Bonchev–Trinajstić information content (AvgIpc) is 2.87. The van der Waals surface area contributed by atoms with Gasteiger partial charge >= 0.3 is 6.18 Å². The molecule has 200 valence electrons. The van der Waals surface area contributed by atoms with Gasteiger partial charge in [0, 0.05) is 19.1 Å². The summed E-state index contributed by atoms with van der Waals surface area (Å²) >= 11 is 0. The lowest BCUT2D eigenvalue weighted by Gasteiger charge is -2.38. The monoisotopic (exact) mass is 505 g/mol. The molecule has 3 rings (SSSR count). The van der Waals surface area contributed by atoms with Gasteiger partial charge in [-0.15, -0.1) is 0 Å². The summed E-state index contributed by atoms with van der Waals surface area (Å²) in [7, 11) is 3.31. The first kappa shape index (κ1) is 28.4. The highest BCUT2D eigenvalue weighted by molar-refractivity contribution is 5.49. The molecule has 1 aliphatic rings. The Morgan fingerprint density at radius 1 is 0.833 bits per heavy atom. The Bertz CT molecular complexity index is 927. The van der Waals surface area contributed by atoms with Gasteiger partial charge in [-0.2, -0.15) is 13.2 Å². The van der Waals surface area contributed by atoms with Gasteiger partial charge in [0.2, 0.25) is 0 Å². The van der Waals surface area contributed by atoms with Crippen LogP contribution in [0.25, 0.3) is 0 Å². The second-order valence-electron chi connectivity index (χ2n) is 9.95. The summed E-state index contributed by atoms with van der Waals surface area (Å²) < 4.78 is 50.2. The number of fused-ring (bicyclic) bond motifs is 1. The van der Waals surface area contributed by atoms with Gasteiger partial charge in [0.05, 0.1) is 19.8 Å². The van der Waals surface area contributed by atoms with Crippen molar-refractivity contribution < 1.29 is 22.6 Å². The lowest BCUT2D eigenvalue weighted by Crippen LogP contribution is -2.35. The van der Waals surface area contributed by atoms with Crippen molar-refractivity contribution in [3.8, 4) is 11.5 Å². The van der Waals surface area contributed by atoms with E-state index in [1.165, 1.54) is 74.6 Å². The molecule has 2 aromatic rings. The summed E-state index contributed by atoms with van der Waals surface area (Å²) in [4.78, 5) is 2.42. The number of hydrogen-bond donors (Lipinski definition) is 0. The molecule has 0 fully saturated rings. The van der Waals surface area contributed by atoms with E-state index in [4.69, 9.17) is 9.47 Å². The zero-order valence-electron chi connectivity index (χ0n) is 22.1. The summed E-state index contributed by atoms with van der Waals surface area (Å²) in [5.41, 5.74) is 2.84. The van der Waals surface area contributed by atoms with E-state index >= 15 is 0 Å². The fraction of sp³-hybridized carbons (Fsp3) is 0.600.